The largest absolute Gasteiger partial charge is 0.350 e. The summed E-state index contributed by atoms with van der Waals surface area (Å²) in [6, 6.07) is 5.47. The molecule has 0 aliphatic rings. The summed E-state index contributed by atoms with van der Waals surface area (Å²) in [5.74, 6) is -0.146. The van der Waals surface area contributed by atoms with Crippen LogP contribution in [0.25, 0.3) is 0 Å². The second-order valence-corrected chi connectivity index (χ2v) is 5.12. The van der Waals surface area contributed by atoms with Crippen LogP contribution in [0, 0.1) is 0 Å². The maximum atomic E-state index is 11.8. The van der Waals surface area contributed by atoms with E-state index in [4.69, 9.17) is 11.6 Å². The van der Waals surface area contributed by atoms with Crippen LogP contribution in [0.5, 0.6) is 0 Å². The minimum atomic E-state index is -0.146. The average molecular weight is 320 g/mol. The molecule has 5 heteroatoms. The van der Waals surface area contributed by atoms with Gasteiger partial charge in [0, 0.05) is 17.1 Å². The Balaban J connectivity index is 2.58. The van der Waals surface area contributed by atoms with Crippen molar-refractivity contribution in [3.63, 3.8) is 0 Å². The number of benzene rings is 1. The van der Waals surface area contributed by atoms with Gasteiger partial charge in [-0.2, -0.15) is 0 Å². The molecule has 1 atom stereocenters. The Kier molecular flexibility index (Phi) is 5.95. The second-order valence-electron chi connectivity index (χ2n) is 3.79. The predicted molar refractivity (Wildman–Crippen MR) is 74.6 cm³/mol. The summed E-state index contributed by atoms with van der Waals surface area (Å²) in [7, 11) is 0. The summed E-state index contributed by atoms with van der Waals surface area (Å²) >= 11 is 9.30. The van der Waals surface area contributed by atoms with Crippen LogP contribution >= 0.6 is 27.5 Å². The lowest BCUT2D eigenvalue weighted by atomic mass is 10.2. The fourth-order valence-electron chi connectivity index (χ4n) is 1.44. The monoisotopic (exact) mass is 318 g/mol. The van der Waals surface area contributed by atoms with Crippen molar-refractivity contribution in [2.75, 3.05) is 13.1 Å². The number of hydrogen-bond acceptors (Lipinski definition) is 2. The number of likely N-dealkylation sites (N-methyl/N-ethyl adjacent to an activating group) is 1. The number of carbonyl (C=O) groups is 1. The van der Waals surface area contributed by atoms with Crippen molar-refractivity contribution in [3.05, 3.63) is 33.3 Å². The number of rotatable bonds is 5. The summed E-state index contributed by atoms with van der Waals surface area (Å²) in [5.41, 5.74) is 0.499. The zero-order valence-electron chi connectivity index (χ0n) is 9.89. The van der Waals surface area contributed by atoms with E-state index in [9.17, 15) is 4.79 Å². The highest BCUT2D eigenvalue weighted by molar-refractivity contribution is 9.10. The normalized spacial score (nSPS) is 12.2. The summed E-state index contributed by atoms with van der Waals surface area (Å²) in [6.45, 7) is 5.52. The topological polar surface area (TPSA) is 41.1 Å². The molecule has 0 unspecified atom stereocenters. The molecule has 0 fully saturated rings. The van der Waals surface area contributed by atoms with Crippen molar-refractivity contribution < 1.29 is 4.79 Å². The number of halogens is 2. The standard InChI is InChI=1S/C12H16BrClN2O/c1-3-15-8(2)7-16-12(17)10-5-4-9(13)6-11(10)14/h4-6,8,15H,3,7H2,1-2H3,(H,16,17)/t8-/m1/s1. The van der Waals surface area contributed by atoms with Gasteiger partial charge in [0.1, 0.15) is 0 Å². The molecule has 0 aromatic heterocycles. The van der Waals surface area contributed by atoms with Crippen LogP contribution in [0.1, 0.15) is 24.2 Å². The molecular weight excluding hydrogens is 304 g/mol. The van der Waals surface area contributed by atoms with E-state index in [2.05, 4.69) is 26.6 Å². The van der Waals surface area contributed by atoms with Gasteiger partial charge in [0.15, 0.2) is 0 Å². The van der Waals surface area contributed by atoms with Crippen molar-refractivity contribution in [1.82, 2.24) is 10.6 Å². The molecule has 0 heterocycles. The van der Waals surface area contributed by atoms with E-state index in [-0.39, 0.29) is 11.9 Å². The summed E-state index contributed by atoms with van der Waals surface area (Å²) < 4.78 is 0.861. The highest BCUT2D eigenvalue weighted by Crippen LogP contribution is 2.21. The van der Waals surface area contributed by atoms with Crippen LogP contribution < -0.4 is 10.6 Å². The van der Waals surface area contributed by atoms with Gasteiger partial charge in [0.25, 0.3) is 5.91 Å². The SMILES string of the molecule is CCN[C@H](C)CNC(=O)c1ccc(Br)cc1Cl. The Morgan fingerprint density at radius 1 is 1.53 bits per heavy atom. The van der Waals surface area contributed by atoms with E-state index in [0.29, 0.717) is 17.1 Å². The molecule has 0 aliphatic heterocycles. The lowest BCUT2D eigenvalue weighted by molar-refractivity contribution is 0.0950. The molecule has 1 rings (SSSR count). The molecule has 94 valence electrons. The Morgan fingerprint density at radius 2 is 2.24 bits per heavy atom. The maximum Gasteiger partial charge on any atom is 0.252 e. The first-order chi connectivity index (χ1) is 8.04. The fraction of sp³-hybridized carbons (Fsp3) is 0.417. The first kappa shape index (κ1) is 14.5. The van der Waals surface area contributed by atoms with Gasteiger partial charge in [-0.1, -0.05) is 34.5 Å². The highest BCUT2D eigenvalue weighted by Gasteiger charge is 2.11. The average Bonchev–Trinajstić information content (AvgIpc) is 2.26. The van der Waals surface area contributed by atoms with Crippen LogP contribution in [-0.4, -0.2) is 25.0 Å². The van der Waals surface area contributed by atoms with Crippen LogP contribution in [-0.2, 0) is 0 Å². The van der Waals surface area contributed by atoms with Gasteiger partial charge in [-0.3, -0.25) is 4.79 Å². The van der Waals surface area contributed by atoms with Crippen LogP contribution in [0.15, 0.2) is 22.7 Å². The summed E-state index contributed by atoms with van der Waals surface area (Å²) in [6.07, 6.45) is 0. The zero-order chi connectivity index (χ0) is 12.8. The van der Waals surface area contributed by atoms with E-state index in [1.54, 1.807) is 18.2 Å². The molecule has 0 bridgehead atoms. The van der Waals surface area contributed by atoms with Crippen molar-refractivity contribution >= 4 is 33.4 Å². The number of amides is 1. The number of carbonyl (C=O) groups excluding carboxylic acids is 1. The third-order valence-electron chi connectivity index (χ3n) is 2.30. The lowest BCUT2D eigenvalue weighted by Gasteiger charge is -2.13. The van der Waals surface area contributed by atoms with Crippen LogP contribution in [0.3, 0.4) is 0 Å². The molecular formula is C12H16BrClN2O. The van der Waals surface area contributed by atoms with Crippen LogP contribution in [0.4, 0.5) is 0 Å². The molecule has 1 aromatic rings. The Hall–Kier alpha value is -0.580. The number of hydrogen-bond donors (Lipinski definition) is 2. The third-order valence-corrected chi connectivity index (χ3v) is 3.10. The van der Waals surface area contributed by atoms with Crippen molar-refractivity contribution in [3.8, 4) is 0 Å². The van der Waals surface area contributed by atoms with E-state index < -0.39 is 0 Å². The van der Waals surface area contributed by atoms with E-state index in [1.807, 2.05) is 13.8 Å². The minimum Gasteiger partial charge on any atom is -0.350 e. The van der Waals surface area contributed by atoms with Crippen molar-refractivity contribution in [2.24, 2.45) is 0 Å². The van der Waals surface area contributed by atoms with E-state index in [0.717, 1.165) is 11.0 Å². The molecule has 0 spiro atoms. The lowest BCUT2D eigenvalue weighted by Crippen LogP contribution is -2.38. The van der Waals surface area contributed by atoms with E-state index >= 15 is 0 Å². The Labute approximate surface area is 115 Å². The van der Waals surface area contributed by atoms with Crippen LogP contribution in [0.2, 0.25) is 5.02 Å². The highest BCUT2D eigenvalue weighted by atomic mass is 79.9. The molecule has 2 N–H and O–H groups in total. The summed E-state index contributed by atoms with van der Waals surface area (Å²) in [5, 5.41) is 6.52. The zero-order valence-corrected chi connectivity index (χ0v) is 12.2. The smallest absolute Gasteiger partial charge is 0.252 e. The van der Waals surface area contributed by atoms with Gasteiger partial charge >= 0.3 is 0 Å². The Bertz CT molecular complexity index is 398. The molecule has 1 aromatic carbocycles. The molecule has 0 radical (unpaired) electrons. The van der Waals surface area contributed by atoms with Crippen molar-refractivity contribution in [2.45, 2.75) is 19.9 Å². The first-order valence-corrected chi connectivity index (χ1v) is 6.68. The number of nitrogens with one attached hydrogen (secondary N) is 2. The van der Waals surface area contributed by atoms with Gasteiger partial charge in [-0.25, -0.2) is 0 Å². The first-order valence-electron chi connectivity index (χ1n) is 5.51. The van der Waals surface area contributed by atoms with Gasteiger partial charge in [-0.05, 0) is 31.7 Å². The second kappa shape index (κ2) is 6.99. The van der Waals surface area contributed by atoms with E-state index in [1.165, 1.54) is 0 Å². The molecule has 1 amide bonds. The predicted octanol–water partition coefficient (Wildman–Crippen LogP) is 2.83. The van der Waals surface area contributed by atoms with Gasteiger partial charge in [-0.15, -0.1) is 0 Å². The van der Waals surface area contributed by atoms with Gasteiger partial charge < -0.3 is 10.6 Å². The fourth-order valence-corrected chi connectivity index (χ4v) is 2.19. The van der Waals surface area contributed by atoms with Gasteiger partial charge in [0.05, 0.1) is 10.6 Å². The molecule has 0 saturated carbocycles. The minimum absolute atomic E-state index is 0.146. The molecule has 17 heavy (non-hydrogen) atoms. The maximum absolute atomic E-state index is 11.8. The third kappa shape index (κ3) is 4.66. The molecule has 0 aliphatic carbocycles. The molecule has 3 nitrogen and oxygen atoms in total. The Morgan fingerprint density at radius 3 is 2.82 bits per heavy atom. The van der Waals surface area contributed by atoms with Crippen molar-refractivity contribution in [1.29, 1.82) is 0 Å². The quantitative estimate of drug-likeness (QED) is 0.876. The summed E-state index contributed by atoms with van der Waals surface area (Å²) in [4.78, 5) is 11.8. The molecule has 0 saturated heterocycles. The van der Waals surface area contributed by atoms with Gasteiger partial charge in [0.2, 0.25) is 0 Å².